The number of hydrogen-bond acceptors (Lipinski definition) is 3. The Hall–Kier alpha value is -1.06. The van der Waals surface area contributed by atoms with Crippen LogP contribution in [0.25, 0.3) is 0 Å². The van der Waals surface area contributed by atoms with Crippen molar-refractivity contribution in [1.29, 1.82) is 0 Å². The summed E-state index contributed by atoms with van der Waals surface area (Å²) in [6.45, 7) is 0.866. The van der Waals surface area contributed by atoms with Crippen molar-refractivity contribution < 1.29 is 9.47 Å². The van der Waals surface area contributed by atoms with Gasteiger partial charge in [0.1, 0.15) is 5.75 Å². The molecule has 1 aliphatic rings. The number of nitrogens with one attached hydrogen (secondary N) is 1. The largest absolute Gasteiger partial charge is 0.496 e. The van der Waals surface area contributed by atoms with Crippen molar-refractivity contribution in [2.24, 2.45) is 0 Å². The van der Waals surface area contributed by atoms with Crippen molar-refractivity contribution in [1.82, 2.24) is 5.32 Å². The quantitative estimate of drug-likeness (QED) is 0.870. The van der Waals surface area contributed by atoms with Gasteiger partial charge in [0.2, 0.25) is 0 Å². The third-order valence-electron chi connectivity index (χ3n) is 3.73. The van der Waals surface area contributed by atoms with Crippen LogP contribution in [-0.4, -0.2) is 26.4 Å². The second kappa shape index (κ2) is 6.76. The average molecular weight is 249 g/mol. The van der Waals surface area contributed by atoms with E-state index >= 15 is 0 Å². The fourth-order valence-electron chi connectivity index (χ4n) is 2.65. The Morgan fingerprint density at radius 2 is 2.06 bits per heavy atom. The first-order valence-electron chi connectivity index (χ1n) is 6.71. The lowest BCUT2D eigenvalue weighted by atomic mass is 9.92. The highest BCUT2D eigenvalue weighted by Gasteiger charge is 2.21. The Kier molecular flexibility index (Phi) is 5.02. The molecule has 1 aromatic carbocycles. The lowest BCUT2D eigenvalue weighted by Crippen LogP contribution is -2.36. The average Bonchev–Trinajstić information content (AvgIpc) is 2.45. The van der Waals surface area contributed by atoms with Crippen molar-refractivity contribution in [2.75, 3.05) is 14.2 Å². The molecule has 0 unspecified atom stereocenters. The van der Waals surface area contributed by atoms with Gasteiger partial charge in [0.25, 0.3) is 0 Å². The second-order valence-corrected chi connectivity index (χ2v) is 4.91. The molecule has 0 amide bonds. The molecule has 1 N–H and O–H groups in total. The van der Waals surface area contributed by atoms with Gasteiger partial charge in [-0.05, 0) is 31.7 Å². The molecule has 0 bridgehead atoms. The molecule has 3 heteroatoms. The first kappa shape index (κ1) is 13.4. The summed E-state index contributed by atoms with van der Waals surface area (Å²) in [4.78, 5) is 0. The van der Waals surface area contributed by atoms with E-state index in [0.29, 0.717) is 12.1 Å². The Bertz CT molecular complexity index is 367. The van der Waals surface area contributed by atoms with Crippen LogP contribution in [0, 0.1) is 0 Å². The van der Waals surface area contributed by atoms with E-state index < -0.39 is 0 Å². The lowest BCUT2D eigenvalue weighted by molar-refractivity contribution is 0.0586. The highest BCUT2D eigenvalue weighted by molar-refractivity contribution is 5.33. The number of methoxy groups -OCH3 is 2. The molecule has 0 saturated heterocycles. The lowest BCUT2D eigenvalue weighted by Gasteiger charge is -2.29. The topological polar surface area (TPSA) is 30.5 Å². The molecule has 1 saturated carbocycles. The van der Waals surface area contributed by atoms with E-state index in [1.54, 1.807) is 7.11 Å². The van der Waals surface area contributed by atoms with Crippen LogP contribution < -0.4 is 10.1 Å². The van der Waals surface area contributed by atoms with E-state index in [2.05, 4.69) is 17.4 Å². The summed E-state index contributed by atoms with van der Waals surface area (Å²) in [7, 11) is 3.54. The van der Waals surface area contributed by atoms with Gasteiger partial charge < -0.3 is 14.8 Å². The summed E-state index contributed by atoms with van der Waals surface area (Å²) in [5, 5.41) is 3.62. The monoisotopic (exact) mass is 249 g/mol. The second-order valence-electron chi connectivity index (χ2n) is 4.91. The molecule has 0 heterocycles. The summed E-state index contributed by atoms with van der Waals surface area (Å²) >= 11 is 0. The molecule has 100 valence electrons. The summed E-state index contributed by atoms with van der Waals surface area (Å²) in [5.41, 5.74) is 1.22. The Balaban J connectivity index is 1.87. The van der Waals surface area contributed by atoms with Gasteiger partial charge in [-0.3, -0.25) is 0 Å². The maximum atomic E-state index is 5.45. The van der Waals surface area contributed by atoms with Crippen LogP contribution in [0.1, 0.15) is 31.2 Å². The minimum Gasteiger partial charge on any atom is -0.496 e. The van der Waals surface area contributed by atoms with Crippen molar-refractivity contribution >= 4 is 0 Å². The maximum absolute atomic E-state index is 5.45. The third-order valence-corrected chi connectivity index (χ3v) is 3.73. The van der Waals surface area contributed by atoms with Gasteiger partial charge in [0.15, 0.2) is 0 Å². The molecule has 1 aliphatic carbocycles. The standard InChI is InChI=1S/C15H23NO2/c1-17-14-8-5-7-13(10-14)16-11-12-6-3-4-9-15(12)18-2/h3-4,6,9,13-14,16H,5,7-8,10-11H2,1-2H3/t13-,14-/m1/s1. The zero-order valence-electron chi connectivity index (χ0n) is 11.3. The SMILES string of the molecule is COc1ccccc1CN[C@@H]1CCC[C@@H](OC)C1. The van der Waals surface area contributed by atoms with Crippen LogP contribution in [0.15, 0.2) is 24.3 Å². The highest BCUT2D eigenvalue weighted by atomic mass is 16.5. The number of para-hydroxylation sites is 1. The first-order chi connectivity index (χ1) is 8.83. The smallest absolute Gasteiger partial charge is 0.123 e. The van der Waals surface area contributed by atoms with Gasteiger partial charge in [-0.25, -0.2) is 0 Å². The van der Waals surface area contributed by atoms with Crippen molar-refractivity contribution in [3.63, 3.8) is 0 Å². The molecular weight excluding hydrogens is 226 g/mol. The first-order valence-corrected chi connectivity index (χ1v) is 6.71. The number of hydrogen-bond donors (Lipinski definition) is 1. The predicted molar refractivity (Wildman–Crippen MR) is 72.9 cm³/mol. The third kappa shape index (κ3) is 3.47. The maximum Gasteiger partial charge on any atom is 0.123 e. The zero-order chi connectivity index (χ0) is 12.8. The molecule has 3 nitrogen and oxygen atoms in total. The minimum absolute atomic E-state index is 0.425. The Morgan fingerprint density at radius 3 is 2.83 bits per heavy atom. The van der Waals surface area contributed by atoms with Gasteiger partial charge in [0.05, 0.1) is 13.2 Å². The van der Waals surface area contributed by atoms with Crippen LogP contribution in [0.5, 0.6) is 5.75 Å². The van der Waals surface area contributed by atoms with Gasteiger partial charge >= 0.3 is 0 Å². The molecule has 2 rings (SSSR count). The summed E-state index contributed by atoms with van der Waals surface area (Å²) in [6, 6.07) is 8.74. The van der Waals surface area contributed by atoms with Crippen LogP contribution in [0.3, 0.4) is 0 Å². The van der Waals surface area contributed by atoms with Gasteiger partial charge in [0, 0.05) is 25.3 Å². The van der Waals surface area contributed by atoms with E-state index in [4.69, 9.17) is 9.47 Å². The van der Waals surface area contributed by atoms with Crippen LogP contribution >= 0.6 is 0 Å². The summed E-state index contributed by atoms with van der Waals surface area (Å²) < 4.78 is 10.8. The van der Waals surface area contributed by atoms with E-state index in [0.717, 1.165) is 18.7 Å². The highest BCUT2D eigenvalue weighted by Crippen LogP contribution is 2.22. The molecule has 0 spiro atoms. The Labute approximate surface area is 109 Å². The minimum atomic E-state index is 0.425. The van der Waals surface area contributed by atoms with E-state index in [1.807, 2.05) is 19.2 Å². The summed E-state index contributed by atoms with van der Waals surface area (Å²) in [6.07, 6.45) is 5.24. The molecule has 0 aromatic heterocycles. The molecule has 1 aromatic rings. The van der Waals surface area contributed by atoms with Crippen LogP contribution in [-0.2, 0) is 11.3 Å². The van der Waals surface area contributed by atoms with Crippen LogP contribution in [0.4, 0.5) is 0 Å². The summed E-state index contributed by atoms with van der Waals surface area (Å²) in [5.74, 6) is 0.962. The number of ether oxygens (including phenoxy) is 2. The molecule has 1 fully saturated rings. The van der Waals surface area contributed by atoms with E-state index in [1.165, 1.54) is 24.8 Å². The zero-order valence-corrected chi connectivity index (χ0v) is 11.3. The van der Waals surface area contributed by atoms with E-state index in [-0.39, 0.29) is 0 Å². The Morgan fingerprint density at radius 1 is 1.22 bits per heavy atom. The van der Waals surface area contributed by atoms with Gasteiger partial charge in [-0.2, -0.15) is 0 Å². The van der Waals surface area contributed by atoms with Crippen molar-refractivity contribution in [3.8, 4) is 5.75 Å². The van der Waals surface area contributed by atoms with Crippen molar-refractivity contribution in [3.05, 3.63) is 29.8 Å². The molecule has 0 radical (unpaired) electrons. The molecular formula is C15H23NO2. The predicted octanol–water partition coefficient (Wildman–Crippen LogP) is 2.74. The van der Waals surface area contributed by atoms with Crippen LogP contribution in [0.2, 0.25) is 0 Å². The molecule has 2 atom stereocenters. The fraction of sp³-hybridized carbons (Fsp3) is 0.600. The van der Waals surface area contributed by atoms with E-state index in [9.17, 15) is 0 Å². The number of rotatable bonds is 5. The fourth-order valence-corrected chi connectivity index (χ4v) is 2.65. The molecule has 0 aliphatic heterocycles. The number of benzene rings is 1. The normalized spacial score (nSPS) is 23.9. The van der Waals surface area contributed by atoms with Gasteiger partial charge in [-0.15, -0.1) is 0 Å². The van der Waals surface area contributed by atoms with Crippen molar-refractivity contribution in [2.45, 2.75) is 44.4 Å². The molecule has 18 heavy (non-hydrogen) atoms. The van der Waals surface area contributed by atoms with Gasteiger partial charge in [-0.1, -0.05) is 18.2 Å².